The van der Waals surface area contributed by atoms with Crippen molar-refractivity contribution in [1.29, 1.82) is 0 Å². The molecule has 0 saturated carbocycles. The smallest absolute Gasteiger partial charge is 0.387 e. The maximum absolute atomic E-state index is 12.7. The van der Waals surface area contributed by atoms with Crippen molar-refractivity contribution in [2.75, 3.05) is 12.4 Å². The van der Waals surface area contributed by atoms with Gasteiger partial charge in [0.2, 0.25) is 0 Å². The summed E-state index contributed by atoms with van der Waals surface area (Å²) in [5, 5.41) is 5.38. The van der Waals surface area contributed by atoms with Gasteiger partial charge in [-0.15, -0.1) is 0 Å². The van der Waals surface area contributed by atoms with Gasteiger partial charge in [0.15, 0.2) is 0 Å². The van der Waals surface area contributed by atoms with Crippen LogP contribution in [-0.2, 0) is 6.54 Å². The Labute approximate surface area is 177 Å². The highest BCUT2D eigenvalue weighted by Crippen LogP contribution is 2.21. The van der Waals surface area contributed by atoms with E-state index in [1.165, 1.54) is 13.2 Å². The Hall–Kier alpha value is -3.94. The van der Waals surface area contributed by atoms with E-state index in [1.54, 1.807) is 66.7 Å². The van der Waals surface area contributed by atoms with Crippen LogP contribution in [0.1, 0.15) is 26.3 Å². The van der Waals surface area contributed by atoms with Gasteiger partial charge in [-0.3, -0.25) is 9.59 Å². The minimum absolute atomic E-state index is 0.0149. The zero-order valence-electron chi connectivity index (χ0n) is 16.6. The first kappa shape index (κ1) is 21.8. The van der Waals surface area contributed by atoms with Gasteiger partial charge >= 0.3 is 6.61 Å². The lowest BCUT2D eigenvalue weighted by Gasteiger charge is -2.13. The van der Waals surface area contributed by atoms with Crippen LogP contribution in [0.25, 0.3) is 0 Å². The molecule has 3 rings (SSSR count). The van der Waals surface area contributed by atoms with Crippen LogP contribution in [0.2, 0.25) is 0 Å². The summed E-state index contributed by atoms with van der Waals surface area (Å²) in [5.74, 6) is -0.262. The van der Waals surface area contributed by atoms with Crippen molar-refractivity contribution in [3.05, 3.63) is 89.5 Å². The molecule has 0 aliphatic rings. The molecule has 0 aromatic heterocycles. The van der Waals surface area contributed by atoms with Gasteiger partial charge in [0.1, 0.15) is 11.5 Å². The van der Waals surface area contributed by atoms with Crippen molar-refractivity contribution >= 4 is 17.5 Å². The molecule has 160 valence electrons. The molecule has 3 aromatic rings. The van der Waals surface area contributed by atoms with Crippen LogP contribution in [0.5, 0.6) is 11.5 Å². The summed E-state index contributed by atoms with van der Waals surface area (Å²) in [6.45, 7) is -2.99. The maximum Gasteiger partial charge on any atom is 0.387 e. The Morgan fingerprint density at radius 2 is 1.58 bits per heavy atom. The molecule has 0 fully saturated rings. The van der Waals surface area contributed by atoms with Crippen molar-refractivity contribution in [3.63, 3.8) is 0 Å². The average Bonchev–Trinajstić information content (AvgIpc) is 2.78. The molecule has 6 nitrogen and oxygen atoms in total. The minimum atomic E-state index is -2.97. The SMILES string of the molecule is COc1ccc(C(=O)Nc2ccccc2C(=O)NCc2ccccc2OC(F)F)cc1. The van der Waals surface area contributed by atoms with E-state index >= 15 is 0 Å². The fourth-order valence-corrected chi connectivity index (χ4v) is 2.86. The van der Waals surface area contributed by atoms with Gasteiger partial charge in [-0.25, -0.2) is 0 Å². The van der Waals surface area contributed by atoms with E-state index in [-0.39, 0.29) is 17.9 Å². The van der Waals surface area contributed by atoms with Gasteiger partial charge in [-0.2, -0.15) is 8.78 Å². The molecule has 0 atom stereocenters. The molecule has 0 aliphatic carbocycles. The van der Waals surface area contributed by atoms with Crippen LogP contribution in [0.15, 0.2) is 72.8 Å². The molecular formula is C23H20F2N2O4. The monoisotopic (exact) mass is 426 g/mol. The average molecular weight is 426 g/mol. The highest BCUT2D eigenvalue weighted by atomic mass is 19.3. The van der Waals surface area contributed by atoms with Crippen molar-refractivity contribution in [2.24, 2.45) is 0 Å². The molecular weight excluding hydrogens is 406 g/mol. The molecule has 0 bridgehead atoms. The van der Waals surface area contributed by atoms with Gasteiger partial charge in [0, 0.05) is 17.7 Å². The Kier molecular flexibility index (Phi) is 7.16. The number of rotatable bonds is 8. The van der Waals surface area contributed by atoms with Crippen LogP contribution in [0.3, 0.4) is 0 Å². The normalized spacial score (nSPS) is 10.5. The number of amides is 2. The number of methoxy groups -OCH3 is 1. The first-order chi connectivity index (χ1) is 15.0. The minimum Gasteiger partial charge on any atom is -0.497 e. The zero-order valence-corrected chi connectivity index (χ0v) is 16.6. The molecule has 0 unspecified atom stereocenters. The highest BCUT2D eigenvalue weighted by Gasteiger charge is 2.15. The van der Waals surface area contributed by atoms with E-state index in [0.717, 1.165) is 0 Å². The number of hydrogen-bond acceptors (Lipinski definition) is 4. The van der Waals surface area contributed by atoms with Gasteiger partial charge in [0.05, 0.1) is 18.4 Å². The number of alkyl halides is 2. The van der Waals surface area contributed by atoms with Crippen molar-refractivity contribution < 1.29 is 27.8 Å². The van der Waals surface area contributed by atoms with Crippen LogP contribution in [0.4, 0.5) is 14.5 Å². The van der Waals surface area contributed by atoms with Gasteiger partial charge < -0.3 is 20.1 Å². The third kappa shape index (κ3) is 5.79. The van der Waals surface area contributed by atoms with E-state index in [4.69, 9.17) is 4.74 Å². The predicted octanol–water partition coefficient (Wildman–Crippen LogP) is 4.48. The van der Waals surface area contributed by atoms with Crippen LogP contribution in [-0.4, -0.2) is 25.5 Å². The standard InChI is InChI=1S/C23H20F2N2O4/c1-30-17-12-10-15(11-13-17)21(28)27-19-8-4-3-7-18(19)22(29)26-14-16-6-2-5-9-20(16)31-23(24)25/h2-13,23H,14H2,1H3,(H,26,29)(H,27,28). The number of carbonyl (C=O) groups is 2. The predicted molar refractivity (Wildman–Crippen MR) is 112 cm³/mol. The molecule has 0 heterocycles. The van der Waals surface area contributed by atoms with E-state index in [0.29, 0.717) is 22.6 Å². The number of halogens is 2. The summed E-state index contributed by atoms with van der Waals surface area (Å²) < 4.78 is 34.7. The second-order valence-electron chi connectivity index (χ2n) is 6.40. The molecule has 0 saturated heterocycles. The number of carbonyl (C=O) groups excluding carboxylic acids is 2. The largest absolute Gasteiger partial charge is 0.497 e. The molecule has 3 aromatic carbocycles. The fraction of sp³-hybridized carbons (Fsp3) is 0.130. The third-order valence-electron chi connectivity index (χ3n) is 4.40. The Balaban J connectivity index is 1.71. The van der Waals surface area contributed by atoms with E-state index < -0.39 is 18.4 Å². The van der Waals surface area contributed by atoms with E-state index in [1.807, 2.05) is 0 Å². The van der Waals surface area contributed by atoms with Gasteiger partial charge in [-0.05, 0) is 42.5 Å². The number of anilines is 1. The highest BCUT2D eigenvalue weighted by molar-refractivity contribution is 6.09. The topological polar surface area (TPSA) is 76.7 Å². The molecule has 0 spiro atoms. The number of benzene rings is 3. The van der Waals surface area contributed by atoms with Gasteiger partial charge in [0.25, 0.3) is 11.8 Å². The summed E-state index contributed by atoms with van der Waals surface area (Å²) >= 11 is 0. The lowest BCUT2D eigenvalue weighted by Crippen LogP contribution is -2.25. The summed E-state index contributed by atoms with van der Waals surface area (Å²) in [4.78, 5) is 25.2. The Morgan fingerprint density at radius 1 is 0.903 bits per heavy atom. The number of nitrogens with one attached hydrogen (secondary N) is 2. The Morgan fingerprint density at radius 3 is 2.29 bits per heavy atom. The molecule has 8 heteroatoms. The first-order valence-electron chi connectivity index (χ1n) is 9.33. The van der Waals surface area contributed by atoms with E-state index in [9.17, 15) is 18.4 Å². The Bertz CT molecular complexity index is 1060. The molecule has 0 aliphatic heterocycles. The van der Waals surface area contributed by atoms with Gasteiger partial charge in [-0.1, -0.05) is 30.3 Å². The first-order valence-corrected chi connectivity index (χ1v) is 9.33. The van der Waals surface area contributed by atoms with Crippen molar-refractivity contribution in [1.82, 2.24) is 5.32 Å². The van der Waals surface area contributed by atoms with Crippen LogP contribution in [0, 0.1) is 0 Å². The number of hydrogen-bond donors (Lipinski definition) is 2. The second kappa shape index (κ2) is 10.2. The fourth-order valence-electron chi connectivity index (χ4n) is 2.86. The summed E-state index contributed by atoms with van der Waals surface area (Å²) in [6, 6.07) is 19.2. The maximum atomic E-state index is 12.7. The van der Waals surface area contributed by atoms with Crippen molar-refractivity contribution in [3.8, 4) is 11.5 Å². The molecule has 2 N–H and O–H groups in total. The summed E-state index contributed by atoms with van der Waals surface area (Å²) in [5.41, 5.74) is 1.35. The van der Waals surface area contributed by atoms with Crippen molar-refractivity contribution in [2.45, 2.75) is 13.2 Å². The summed E-state index contributed by atoms with van der Waals surface area (Å²) in [6.07, 6.45) is 0. The van der Waals surface area contributed by atoms with E-state index in [2.05, 4.69) is 15.4 Å². The lowest BCUT2D eigenvalue weighted by atomic mass is 10.1. The number of para-hydroxylation sites is 2. The quantitative estimate of drug-likeness (QED) is 0.557. The van der Waals surface area contributed by atoms with Crippen LogP contribution < -0.4 is 20.1 Å². The number of ether oxygens (including phenoxy) is 2. The van der Waals surface area contributed by atoms with Crippen LogP contribution >= 0.6 is 0 Å². The molecule has 0 radical (unpaired) electrons. The summed E-state index contributed by atoms with van der Waals surface area (Å²) in [7, 11) is 1.53. The third-order valence-corrected chi connectivity index (χ3v) is 4.40. The molecule has 2 amide bonds. The molecule has 31 heavy (non-hydrogen) atoms. The second-order valence-corrected chi connectivity index (χ2v) is 6.40. The lowest BCUT2D eigenvalue weighted by molar-refractivity contribution is -0.0504. The zero-order chi connectivity index (χ0) is 22.2.